The van der Waals surface area contributed by atoms with Crippen molar-refractivity contribution in [1.29, 1.82) is 0 Å². The van der Waals surface area contributed by atoms with Gasteiger partial charge >= 0.3 is 0 Å². The van der Waals surface area contributed by atoms with E-state index in [2.05, 4.69) is 4.98 Å². The first kappa shape index (κ1) is 11.2. The van der Waals surface area contributed by atoms with Crippen LogP contribution in [0.2, 0.25) is 10.0 Å². The van der Waals surface area contributed by atoms with Gasteiger partial charge in [0.25, 0.3) is 0 Å². The van der Waals surface area contributed by atoms with Crippen molar-refractivity contribution in [2.75, 3.05) is 0 Å². The number of halogens is 2. The highest BCUT2D eigenvalue weighted by molar-refractivity contribution is 6.37. The van der Waals surface area contributed by atoms with E-state index in [0.29, 0.717) is 10.0 Å². The monoisotopic (exact) mass is 249 g/mol. The standard InChI is InChI=1S/C13H9Cl2N/c14-12-2-1-3-13(15)11(12)5-4-10-6-8-16-9-7-10/h1-9H/b5-4+. The highest BCUT2D eigenvalue weighted by Gasteiger charge is 2.00. The molecule has 0 saturated carbocycles. The second-order valence-electron chi connectivity index (χ2n) is 3.25. The van der Waals surface area contributed by atoms with Crippen LogP contribution in [0.15, 0.2) is 42.7 Å². The van der Waals surface area contributed by atoms with E-state index in [9.17, 15) is 0 Å². The van der Waals surface area contributed by atoms with Crippen molar-refractivity contribution in [3.63, 3.8) is 0 Å². The van der Waals surface area contributed by atoms with Crippen LogP contribution in [0.3, 0.4) is 0 Å². The fourth-order valence-electron chi connectivity index (χ4n) is 1.32. The zero-order valence-electron chi connectivity index (χ0n) is 8.40. The minimum atomic E-state index is 0.651. The van der Waals surface area contributed by atoms with Crippen molar-refractivity contribution in [3.8, 4) is 0 Å². The molecule has 1 heterocycles. The molecule has 0 N–H and O–H groups in total. The van der Waals surface area contributed by atoms with E-state index in [1.807, 2.05) is 42.5 Å². The lowest BCUT2D eigenvalue weighted by atomic mass is 10.1. The Bertz CT molecular complexity index is 486. The van der Waals surface area contributed by atoms with Gasteiger partial charge in [0.1, 0.15) is 0 Å². The molecule has 0 radical (unpaired) electrons. The summed E-state index contributed by atoms with van der Waals surface area (Å²) in [7, 11) is 0. The Morgan fingerprint density at radius 1 is 0.875 bits per heavy atom. The number of benzene rings is 1. The van der Waals surface area contributed by atoms with E-state index < -0.39 is 0 Å². The normalized spacial score (nSPS) is 10.9. The topological polar surface area (TPSA) is 12.9 Å². The Hall–Kier alpha value is -1.31. The van der Waals surface area contributed by atoms with Crippen molar-refractivity contribution in [2.45, 2.75) is 0 Å². The zero-order valence-corrected chi connectivity index (χ0v) is 9.91. The van der Waals surface area contributed by atoms with Gasteiger partial charge in [-0.25, -0.2) is 0 Å². The Morgan fingerprint density at radius 2 is 1.50 bits per heavy atom. The van der Waals surface area contributed by atoms with Crippen molar-refractivity contribution in [3.05, 3.63) is 63.9 Å². The van der Waals surface area contributed by atoms with Crippen LogP contribution < -0.4 is 0 Å². The minimum absolute atomic E-state index is 0.651. The van der Waals surface area contributed by atoms with Gasteiger partial charge in [-0.15, -0.1) is 0 Å². The quantitative estimate of drug-likeness (QED) is 0.761. The van der Waals surface area contributed by atoms with Crippen LogP contribution in [0, 0.1) is 0 Å². The zero-order chi connectivity index (χ0) is 11.4. The number of nitrogens with zero attached hydrogens (tertiary/aromatic N) is 1. The molecular formula is C13H9Cl2N. The molecule has 0 aliphatic rings. The summed E-state index contributed by atoms with van der Waals surface area (Å²) in [5, 5.41) is 1.30. The van der Waals surface area contributed by atoms with Crippen molar-refractivity contribution in [1.82, 2.24) is 4.98 Å². The lowest BCUT2D eigenvalue weighted by molar-refractivity contribution is 1.32. The maximum Gasteiger partial charge on any atom is 0.0493 e. The van der Waals surface area contributed by atoms with Crippen LogP contribution in [0.4, 0.5) is 0 Å². The third-order valence-electron chi connectivity index (χ3n) is 2.15. The van der Waals surface area contributed by atoms with Gasteiger partial charge in [0.05, 0.1) is 0 Å². The molecule has 2 rings (SSSR count). The molecule has 0 aliphatic heterocycles. The highest BCUT2D eigenvalue weighted by atomic mass is 35.5. The first-order chi connectivity index (χ1) is 7.77. The molecule has 1 aromatic carbocycles. The van der Waals surface area contributed by atoms with Crippen LogP contribution in [0.25, 0.3) is 12.2 Å². The van der Waals surface area contributed by atoms with E-state index in [-0.39, 0.29) is 0 Å². The fourth-order valence-corrected chi connectivity index (χ4v) is 1.85. The lowest BCUT2D eigenvalue weighted by Gasteiger charge is -2.00. The van der Waals surface area contributed by atoms with Gasteiger partial charge in [-0.3, -0.25) is 4.98 Å². The summed E-state index contributed by atoms with van der Waals surface area (Å²) in [6.07, 6.45) is 7.34. The average Bonchev–Trinajstić information content (AvgIpc) is 2.30. The Kier molecular flexibility index (Phi) is 3.60. The molecule has 0 spiro atoms. The van der Waals surface area contributed by atoms with E-state index in [1.54, 1.807) is 12.4 Å². The maximum atomic E-state index is 6.05. The molecule has 1 nitrogen and oxygen atoms in total. The number of hydrogen-bond donors (Lipinski definition) is 0. The summed E-state index contributed by atoms with van der Waals surface area (Å²) in [6, 6.07) is 9.30. The van der Waals surface area contributed by atoms with Gasteiger partial charge in [0.15, 0.2) is 0 Å². The van der Waals surface area contributed by atoms with E-state index in [0.717, 1.165) is 11.1 Å². The largest absolute Gasteiger partial charge is 0.265 e. The summed E-state index contributed by atoms with van der Waals surface area (Å²) in [5.74, 6) is 0. The third kappa shape index (κ3) is 2.63. The highest BCUT2D eigenvalue weighted by Crippen LogP contribution is 2.26. The van der Waals surface area contributed by atoms with Crippen LogP contribution in [-0.2, 0) is 0 Å². The molecule has 80 valence electrons. The smallest absolute Gasteiger partial charge is 0.0493 e. The van der Waals surface area contributed by atoms with Crippen molar-refractivity contribution >= 4 is 35.4 Å². The van der Waals surface area contributed by atoms with Gasteiger partial charge in [-0.05, 0) is 29.8 Å². The SMILES string of the molecule is Clc1cccc(Cl)c1/C=C/c1ccncc1. The number of hydrogen-bond acceptors (Lipinski definition) is 1. The summed E-state index contributed by atoms with van der Waals surface area (Å²) in [4.78, 5) is 3.95. The molecule has 3 heteroatoms. The van der Waals surface area contributed by atoms with E-state index in [1.165, 1.54) is 0 Å². The average molecular weight is 250 g/mol. The van der Waals surface area contributed by atoms with Crippen LogP contribution >= 0.6 is 23.2 Å². The third-order valence-corrected chi connectivity index (χ3v) is 2.81. The fraction of sp³-hybridized carbons (Fsp3) is 0. The maximum absolute atomic E-state index is 6.05. The van der Waals surface area contributed by atoms with Crippen LogP contribution in [0.5, 0.6) is 0 Å². The van der Waals surface area contributed by atoms with Gasteiger partial charge < -0.3 is 0 Å². The Balaban J connectivity index is 2.31. The van der Waals surface area contributed by atoms with Crippen LogP contribution in [-0.4, -0.2) is 4.98 Å². The molecule has 0 bridgehead atoms. The molecule has 2 aromatic rings. The summed E-state index contributed by atoms with van der Waals surface area (Å²) in [5.41, 5.74) is 1.90. The lowest BCUT2D eigenvalue weighted by Crippen LogP contribution is -1.77. The first-order valence-electron chi connectivity index (χ1n) is 4.79. The van der Waals surface area contributed by atoms with E-state index >= 15 is 0 Å². The predicted octanol–water partition coefficient (Wildman–Crippen LogP) is 4.56. The van der Waals surface area contributed by atoms with Gasteiger partial charge in [0.2, 0.25) is 0 Å². The molecule has 0 fully saturated rings. The second-order valence-corrected chi connectivity index (χ2v) is 4.06. The summed E-state index contributed by atoms with van der Waals surface area (Å²) in [6.45, 7) is 0. The van der Waals surface area contributed by atoms with Gasteiger partial charge in [-0.2, -0.15) is 0 Å². The van der Waals surface area contributed by atoms with Crippen molar-refractivity contribution in [2.24, 2.45) is 0 Å². The minimum Gasteiger partial charge on any atom is -0.265 e. The molecule has 0 aliphatic carbocycles. The van der Waals surface area contributed by atoms with Crippen LogP contribution in [0.1, 0.15) is 11.1 Å². The van der Waals surface area contributed by atoms with Gasteiger partial charge in [-0.1, -0.05) is 41.4 Å². The molecule has 0 unspecified atom stereocenters. The molecule has 16 heavy (non-hydrogen) atoms. The number of rotatable bonds is 2. The molecule has 0 amide bonds. The Morgan fingerprint density at radius 3 is 2.12 bits per heavy atom. The number of aromatic nitrogens is 1. The summed E-state index contributed by atoms with van der Waals surface area (Å²) >= 11 is 12.1. The predicted molar refractivity (Wildman–Crippen MR) is 69.6 cm³/mol. The molecule has 1 aromatic heterocycles. The molecule has 0 saturated heterocycles. The summed E-state index contributed by atoms with van der Waals surface area (Å²) < 4.78 is 0. The van der Waals surface area contributed by atoms with E-state index in [4.69, 9.17) is 23.2 Å². The first-order valence-corrected chi connectivity index (χ1v) is 5.55. The van der Waals surface area contributed by atoms with Gasteiger partial charge in [0, 0.05) is 28.0 Å². The molecule has 0 atom stereocenters. The number of pyridine rings is 1. The molecular weight excluding hydrogens is 241 g/mol. The second kappa shape index (κ2) is 5.15. The Labute approximate surface area is 104 Å². The van der Waals surface area contributed by atoms with Crippen molar-refractivity contribution < 1.29 is 0 Å².